The zero-order valence-corrected chi connectivity index (χ0v) is 16.1. The molecule has 0 aliphatic heterocycles. The van der Waals surface area contributed by atoms with Crippen molar-refractivity contribution in [2.45, 2.75) is 18.1 Å². The molecule has 0 spiro atoms. The van der Waals surface area contributed by atoms with Crippen molar-refractivity contribution in [3.63, 3.8) is 0 Å². The van der Waals surface area contributed by atoms with Gasteiger partial charge in [-0.05, 0) is 42.8 Å². The van der Waals surface area contributed by atoms with Crippen LogP contribution in [0.4, 0.5) is 0 Å². The predicted molar refractivity (Wildman–Crippen MR) is 107 cm³/mol. The van der Waals surface area contributed by atoms with E-state index in [-0.39, 0.29) is 0 Å². The van der Waals surface area contributed by atoms with Crippen molar-refractivity contribution in [2.75, 3.05) is 19.5 Å². The molecule has 1 aromatic carbocycles. The molecule has 3 rings (SSSR count). The number of allylic oxidation sites excluding steroid dienone is 1. The molecule has 0 unspecified atom stereocenters. The van der Waals surface area contributed by atoms with Crippen LogP contribution in [0.25, 0.3) is 11.4 Å². The van der Waals surface area contributed by atoms with Gasteiger partial charge in [0.05, 0.1) is 13.7 Å². The van der Waals surface area contributed by atoms with Crippen LogP contribution < -0.4 is 9.47 Å². The third kappa shape index (κ3) is 5.10. The van der Waals surface area contributed by atoms with Crippen molar-refractivity contribution in [1.29, 1.82) is 0 Å². The summed E-state index contributed by atoms with van der Waals surface area (Å²) in [6.07, 6.45) is 6.27. The van der Waals surface area contributed by atoms with Gasteiger partial charge in [0.1, 0.15) is 11.5 Å². The van der Waals surface area contributed by atoms with Gasteiger partial charge in [-0.15, -0.1) is 16.8 Å². The monoisotopic (exact) mass is 382 g/mol. The van der Waals surface area contributed by atoms with Gasteiger partial charge >= 0.3 is 0 Å². The standard InChI is InChI=1S/C20H22N4O2S/c1-3-13-24-19(16-9-11-21-12-10-16)22-23-20(24)27-15-4-14-26-18-7-5-17(25-2)6-8-18/h3,5-12H,1,4,13-15H2,2H3. The highest BCUT2D eigenvalue weighted by atomic mass is 32.2. The van der Waals surface area contributed by atoms with E-state index in [2.05, 4.69) is 26.3 Å². The molecule has 2 aromatic heterocycles. The number of hydrogen-bond donors (Lipinski definition) is 0. The predicted octanol–water partition coefficient (Wildman–Crippen LogP) is 4.10. The van der Waals surface area contributed by atoms with Crippen molar-refractivity contribution in [2.24, 2.45) is 0 Å². The maximum atomic E-state index is 5.76. The van der Waals surface area contributed by atoms with Gasteiger partial charge in [-0.1, -0.05) is 17.8 Å². The Morgan fingerprint density at radius 1 is 1.07 bits per heavy atom. The molecule has 7 heteroatoms. The summed E-state index contributed by atoms with van der Waals surface area (Å²) >= 11 is 1.67. The van der Waals surface area contributed by atoms with Crippen LogP contribution in [0.2, 0.25) is 0 Å². The summed E-state index contributed by atoms with van der Waals surface area (Å²) in [5, 5.41) is 9.56. The average molecular weight is 382 g/mol. The summed E-state index contributed by atoms with van der Waals surface area (Å²) in [7, 11) is 1.65. The second-order valence-electron chi connectivity index (χ2n) is 5.67. The molecule has 0 aliphatic carbocycles. The van der Waals surface area contributed by atoms with E-state index < -0.39 is 0 Å². The number of hydrogen-bond acceptors (Lipinski definition) is 6. The molecule has 0 saturated carbocycles. The van der Waals surface area contributed by atoms with Crippen LogP contribution in [0, 0.1) is 0 Å². The summed E-state index contributed by atoms with van der Waals surface area (Å²) in [6.45, 7) is 5.15. The second-order valence-corrected chi connectivity index (χ2v) is 6.73. The summed E-state index contributed by atoms with van der Waals surface area (Å²) in [5.74, 6) is 3.39. The highest BCUT2D eigenvalue weighted by Gasteiger charge is 2.13. The second kappa shape index (κ2) is 9.78. The molecular weight excluding hydrogens is 360 g/mol. The van der Waals surface area contributed by atoms with Crippen molar-refractivity contribution in [3.05, 3.63) is 61.4 Å². The van der Waals surface area contributed by atoms with Gasteiger partial charge in [-0.2, -0.15) is 0 Å². The molecule has 3 aromatic rings. The highest BCUT2D eigenvalue weighted by molar-refractivity contribution is 7.99. The molecule has 0 amide bonds. The fourth-order valence-corrected chi connectivity index (χ4v) is 3.35. The first-order valence-corrected chi connectivity index (χ1v) is 9.64. The molecule has 0 radical (unpaired) electrons. The largest absolute Gasteiger partial charge is 0.497 e. The lowest BCUT2D eigenvalue weighted by Crippen LogP contribution is -2.02. The minimum atomic E-state index is 0.645. The van der Waals surface area contributed by atoms with Gasteiger partial charge in [-0.25, -0.2) is 0 Å². The Morgan fingerprint density at radius 2 is 1.81 bits per heavy atom. The van der Waals surface area contributed by atoms with Crippen LogP contribution in [-0.4, -0.2) is 39.2 Å². The van der Waals surface area contributed by atoms with Crippen LogP contribution in [0.5, 0.6) is 11.5 Å². The van der Waals surface area contributed by atoms with E-state index in [9.17, 15) is 0 Å². The van der Waals surface area contributed by atoms with E-state index in [0.717, 1.165) is 40.2 Å². The minimum absolute atomic E-state index is 0.645. The fourth-order valence-electron chi connectivity index (χ4n) is 2.49. The zero-order chi connectivity index (χ0) is 18.9. The normalized spacial score (nSPS) is 10.6. The van der Waals surface area contributed by atoms with Gasteiger partial charge in [0.15, 0.2) is 11.0 Å². The number of benzene rings is 1. The maximum Gasteiger partial charge on any atom is 0.191 e. The van der Waals surface area contributed by atoms with Gasteiger partial charge in [0.2, 0.25) is 0 Å². The molecule has 0 fully saturated rings. The molecule has 2 heterocycles. The molecule has 0 N–H and O–H groups in total. The van der Waals surface area contributed by atoms with Gasteiger partial charge in [0, 0.05) is 30.3 Å². The first-order valence-electron chi connectivity index (χ1n) is 8.66. The Balaban J connectivity index is 1.53. The third-order valence-electron chi connectivity index (χ3n) is 3.82. The van der Waals surface area contributed by atoms with E-state index in [1.165, 1.54) is 0 Å². The Hall–Kier alpha value is -2.80. The maximum absolute atomic E-state index is 5.76. The molecular formula is C20H22N4O2S. The highest BCUT2D eigenvalue weighted by Crippen LogP contribution is 2.24. The van der Waals surface area contributed by atoms with Crippen LogP contribution in [0.15, 0.2) is 66.6 Å². The van der Waals surface area contributed by atoms with E-state index in [1.807, 2.05) is 42.5 Å². The van der Waals surface area contributed by atoms with Crippen molar-refractivity contribution >= 4 is 11.8 Å². The number of methoxy groups -OCH3 is 1. The van der Waals surface area contributed by atoms with Crippen LogP contribution in [0.1, 0.15) is 6.42 Å². The van der Waals surface area contributed by atoms with Crippen LogP contribution >= 0.6 is 11.8 Å². The number of ether oxygens (including phenoxy) is 2. The number of thioether (sulfide) groups is 1. The molecule has 0 aliphatic rings. The van der Waals surface area contributed by atoms with Crippen molar-refractivity contribution in [3.8, 4) is 22.9 Å². The topological polar surface area (TPSA) is 62.1 Å². The summed E-state index contributed by atoms with van der Waals surface area (Å²) in [5.41, 5.74) is 0.994. The fraction of sp³-hybridized carbons (Fsp3) is 0.250. The van der Waals surface area contributed by atoms with Crippen molar-refractivity contribution in [1.82, 2.24) is 19.7 Å². The van der Waals surface area contributed by atoms with Crippen molar-refractivity contribution < 1.29 is 9.47 Å². The quantitative estimate of drug-likeness (QED) is 0.299. The Bertz CT molecular complexity index is 850. The Morgan fingerprint density at radius 3 is 2.52 bits per heavy atom. The third-order valence-corrected chi connectivity index (χ3v) is 4.87. The number of aromatic nitrogens is 4. The number of pyridine rings is 1. The molecule has 140 valence electrons. The molecule has 0 saturated heterocycles. The van der Waals surface area contributed by atoms with E-state index in [0.29, 0.717) is 13.2 Å². The summed E-state index contributed by atoms with van der Waals surface area (Å²) in [6, 6.07) is 11.5. The molecule has 6 nitrogen and oxygen atoms in total. The first-order chi connectivity index (χ1) is 13.3. The Labute approximate surface area is 163 Å². The smallest absolute Gasteiger partial charge is 0.191 e. The van der Waals surface area contributed by atoms with E-state index in [4.69, 9.17) is 9.47 Å². The number of rotatable bonds is 10. The van der Waals surface area contributed by atoms with Crippen LogP contribution in [-0.2, 0) is 6.54 Å². The average Bonchev–Trinajstić information content (AvgIpc) is 3.12. The zero-order valence-electron chi connectivity index (χ0n) is 15.2. The van der Waals surface area contributed by atoms with E-state index >= 15 is 0 Å². The van der Waals surface area contributed by atoms with E-state index in [1.54, 1.807) is 31.3 Å². The molecule has 0 bridgehead atoms. The van der Waals surface area contributed by atoms with Gasteiger partial charge in [0.25, 0.3) is 0 Å². The lowest BCUT2D eigenvalue weighted by molar-refractivity contribution is 0.318. The van der Waals surface area contributed by atoms with Gasteiger partial charge in [-0.3, -0.25) is 9.55 Å². The Kier molecular flexibility index (Phi) is 6.87. The lowest BCUT2D eigenvalue weighted by Gasteiger charge is -2.08. The van der Waals surface area contributed by atoms with Gasteiger partial charge < -0.3 is 9.47 Å². The molecule has 0 atom stereocenters. The summed E-state index contributed by atoms with van der Waals surface area (Å²) < 4.78 is 13.0. The lowest BCUT2D eigenvalue weighted by atomic mass is 10.2. The first kappa shape index (κ1) is 19.0. The number of nitrogens with zero attached hydrogens (tertiary/aromatic N) is 4. The summed E-state index contributed by atoms with van der Waals surface area (Å²) in [4.78, 5) is 4.05. The SMILES string of the molecule is C=CCn1c(SCCCOc2ccc(OC)cc2)nnc1-c1ccncc1. The minimum Gasteiger partial charge on any atom is -0.497 e. The molecule has 27 heavy (non-hydrogen) atoms. The van der Waals surface area contributed by atoms with Crippen LogP contribution in [0.3, 0.4) is 0 Å².